The molecule has 2 nitrogen and oxygen atoms in total. The van der Waals surface area contributed by atoms with Crippen molar-refractivity contribution in [3.63, 3.8) is 0 Å². The predicted octanol–water partition coefficient (Wildman–Crippen LogP) is 13.8. The van der Waals surface area contributed by atoms with Gasteiger partial charge in [-0.1, -0.05) is 129 Å². The first kappa shape index (κ1) is 39.2. The van der Waals surface area contributed by atoms with Crippen LogP contribution in [0, 0.1) is 52.3 Å². The third-order valence-corrected chi connectivity index (χ3v) is 14.1. The molecule has 272 valence electrons. The van der Waals surface area contributed by atoms with E-state index in [1.165, 1.54) is 89.9 Å². The lowest BCUT2D eigenvalue weighted by Gasteiger charge is -2.58. The molecule has 0 N–H and O–H groups in total. The predicted molar refractivity (Wildman–Crippen MR) is 207 cm³/mol. The van der Waals surface area contributed by atoms with Crippen LogP contribution < -0.4 is 0 Å². The van der Waals surface area contributed by atoms with E-state index in [1.54, 1.807) is 0 Å². The average Bonchev–Trinajstić information content (AvgIpc) is 3.42. The van der Waals surface area contributed by atoms with Gasteiger partial charge in [0.1, 0.15) is 6.10 Å². The summed E-state index contributed by atoms with van der Waals surface area (Å²) < 4.78 is 6.14. The van der Waals surface area contributed by atoms with Gasteiger partial charge in [0.2, 0.25) is 0 Å². The monoisotopic (exact) mass is 661 g/mol. The summed E-state index contributed by atoms with van der Waals surface area (Å²) >= 11 is 0. The number of hydrogen-bond donors (Lipinski definition) is 0. The topological polar surface area (TPSA) is 26.3 Å². The third-order valence-electron chi connectivity index (χ3n) is 14.1. The Balaban J connectivity index is 1.15. The van der Waals surface area contributed by atoms with E-state index in [9.17, 15) is 4.79 Å². The van der Waals surface area contributed by atoms with Crippen LogP contribution in [0.15, 0.2) is 48.1 Å². The van der Waals surface area contributed by atoms with Crippen LogP contribution in [0.3, 0.4) is 0 Å². The van der Waals surface area contributed by atoms with Crippen molar-refractivity contribution in [3.8, 4) is 0 Å². The molecule has 4 aliphatic carbocycles. The van der Waals surface area contributed by atoms with Gasteiger partial charge >= 0.3 is 5.97 Å². The number of esters is 1. The van der Waals surface area contributed by atoms with Crippen LogP contribution >= 0.6 is 0 Å². The molecule has 0 saturated heterocycles. The van der Waals surface area contributed by atoms with Crippen molar-refractivity contribution in [2.45, 2.75) is 183 Å². The van der Waals surface area contributed by atoms with Crippen molar-refractivity contribution in [1.29, 1.82) is 0 Å². The fraction of sp³-hybridized carbons (Fsp3) is 0.804. The van der Waals surface area contributed by atoms with E-state index in [1.807, 2.05) is 5.57 Å². The number of hydrogen-bond acceptors (Lipinski definition) is 2. The van der Waals surface area contributed by atoms with Gasteiger partial charge in [-0.15, -0.1) is 0 Å². The van der Waals surface area contributed by atoms with Crippen molar-refractivity contribution in [3.05, 3.63) is 48.1 Å². The Kier molecular flexibility index (Phi) is 15.6. The molecule has 0 heterocycles. The van der Waals surface area contributed by atoms with Crippen molar-refractivity contribution in [2.24, 2.45) is 52.3 Å². The lowest BCUT2D eigenvalue weighted by Crippen LogP contribution is -2.50. The molecule has 0 aromatic carbocycles. The summed E-state index contributed by atoms with van der Waals surface area (Å²) in [7, 11) is 0. The van der Waals surface area contributed by atoms with Crippen LogP contribution in [-0.4, -0.2) is 12.1 Å². The summed E-state index contributed by atoms with van der Waals surface area (Å²) in [6.07, 6.45) is 41.2. The van der Waals surface area contributed by atoms with E-state index in [4.69, 9.17) is 4.74 Å². The Labute approximate surface area is 298 Å². The Bertz CT molecular complexity index is 1090. The Hall–Kier alpha value is -1.57. The summed E-state index contributed by atoms with van der Waals surface area (Å²) in [6.45, 7) is 17.1. The average molecular weight is 661 g/mol. The van der Waals surface area contributed by atoms with Gasteiger partial charge in [0.25, 0.3) is 0 Å². The van der Waals surface area contributed by atoms with E-state index in [0.717, 1.165) is 49.9 Å². The highest BCUT2D eigenvalue weighted by Crippen LogP contribution is 2.67. The molecule has 3 fully saturated rings. The molecule has 0 amide bonds. The molecule has 48 heavy (non-hydrogen) atoms. The number of rotatable bonds is 19. The Morgan fingerprint density at radius 3 is 2.21 bits per heavy atom. The lowest BCUT2D eigenvalue weighted by atomic mass is 9.47. The van der Waals surface area contributed by atoms with E-state index >= 15 is 0 Å². The zero-order chi connectivity index (χ0) is 34.6. The molecule has 4 aliphatic rings. The fourth-order valence-electron chi connectivity index (χ4n) is 10.5. The maximum absolute atomic E-state index is 12.8. The van der Waals surface area contributed by atoms with Crippen molar-refractivity contribution < 1.29 is 9.53 Å². The van der Waals surface area contributed by atoms with Crippen LogP contribution in [0.1, 0.15) is 177 Å². The first-order chi connectivity index (χ1) is 23.1. The second kappa shape index (κ2) is 19.2. The van der Waals surface area contributed by atoms with Gasteiger partial charge in [0, 0.05) is 6.42 Å². The molecule has 4 rings (SSSR count). The van der Waals surface area contributed by atoms with E-state index in [2.05, 4.69) is 91.0 Å². The first-order valence-electron chi connectivity index (χ1n) is 21.0. The summed E-state index contributed by atoms with van der Waals surface area (Å²) in [4.78, 5) is 12.8. The van der Waals surface area contributed by atoms with Gasteiger partial charge in [0.15, 0.2) is 0 Å². The molecule has 0 spiro atoms. The molecule has 0 aromatic heterocycles. The van der Waals surface area contributed by atoms with Gasteiger partial charge in [-0.05, 0) is 142 Å². The standard InChI is InChI=1S/C46H76O2/c1-8-9-10-11-12-13-14-15-16-17-18-19-20-21-22-23-44(47)48-39-30-32-45(6)38(34-39)26-27-40-42-29-28-41(46(42,7)33-31-43(40)45)37(5)25-24-36(4)35(2)3/h12-13,15-16,24-25,27,35-39,41-43H,8-11,14,17-23,26,28-34H2,1-7H3/t36-,37+,38?,39?,41+,42-,43-,45-,46+/m0/s1. The zero-order valence-electron chi connectivity index (χ0n) is 32.6. The smallest absolute Gasteiger partial charge is 0.306 e. The molecule has 0 radical (unpaired) electrons. The zero-order valence-corrected chi connectivity index (χ0v) is 32.6. The van der Waals surface area contributed by atoms with Gasteiger partial charge in [0.05, 0.1) is 0 Å². The largest absolute Gasteiger partial charge is 0.462 e. The minimum absolute atomic E-state index is 0.0534. The highest BCUT2D eigenvalue weighted by molar-refractivity contribution is 5.69. The highest BCUT2D eigenvalue weighted by Gasteiger charge is 2.58. The van der Waals surface area contributed by atoms with E-state index < -0.39 is 0 Å². The second-order valence-electron chi connectivity index (χ2n) is 17.7. The number of unbranched alkanes of at least 4 members (excludes halogenated alkanes) is 8. The summed E-state index contributed by atoms with van der Waals surface area (Å²) in [5, 5.41) is 0. The Morgan fingerprint density at radius 2 is 1.48 bits per heavy atom. The quantitative estimate of drug-likeness (QED) is 0.0783. The number of carbonyl (C=O) groups excluding carboxylic acids is 1. The number of ether oxygens (including phenoxy) is 1. The molecule has 0 bridgehead atoms. The molecular weight excluding hydrogens is 585 g/mol. The minimum atomic E-state index is 0.0534. The molecule has 9 atom stereocenters. The SMILES string of the molecule is CCCCCC=CCC=CCCCCCCCC(=O)OC1CC[C@@]2(C)C(CC=C3[C@@H]4CC[C@H]([C@H](C)C=C[C@H](C)C(C)C)[C@@]4(C)CC[C@@H]32)C1. The van der Waals surface area contributed by atoms with E-state index in [0.29, 0.717) is 40.9 Å². The van der Waals surface area contributed by atoms with Gasteiger partial charge in [-0.25, -0.2) is 0 Å². The van der Waals surface area contributed by atoms with Gasteiger partial charge in [-0.2, -0.15) is 0 Å². The molecular formula is C46H76O2. The molecule has 2 unspecified atom stereocenters. The normalized spacial score (nSPS) is 33.2. The second-order valence-corrected chi connectivity index (χ2v) is 17.7. The third kappa shape index (κ3) is 10.2. The van der Waals surface area contributed by atoms with Crippen molar-refractivity contribution in [1.82, 2.24) is 0 Å². The minimum Gasteiger partial charge on any atom is -0.462 e. The van der Waals surface area contributed by atoms with Crippen molar-refractivity contribution in [2.75, 3.05) is 0 Å². The number of carbonyl (C=O) groups is 1. The van der Waals surface area contributed by atoms with E-state index in [-0.39, 0.29) is 12.1 Å². The maximum Gasteiger partial charge on any atom is 0.306 e. The molecule has 0 aromatic rings. The lowest BCUT2D eigenvalue weighted by molar-refractivity contribution is -0.155. The maximum atomic E-state index is 12.8. The first-order valence-corrected chi connectivity index (χ1v) is 21.0. The van der Waals surface area contributed by atoms with Gasteiger partial charge in [-0.3, -0.25) is 4.79 Å². The van der Waals surface area contributed by atoms with Crippen LogP contribution in [0.5, 0.6) is 0 Å². The summed E-state index contributed by atoms with van der Waals surface area (Å²) in [6, 6.07) is 0. The fourth-order valence-corrected chi connectivity index (χ4v) is 10.5. The molecule has 2 heteroatoms. The molecule has 3 saturated carbocycles. The summed E-state index contributed by atoms with van der Waals surface area (Å²) in [5.74, 6) is 5.07. The number of allylic oxidation sites excluding steroid dienone is 8. The Morgan fingerprint density at radius 1 is 0.812 bits per heavy atom. The van der Waals surface area contributed by atoms with Gasteiger partial charge < -0.3 is 4.74 Å². The van der Waals surface area contributed by atoms with Crippen LogP contribution in [0.4, 0.5) is 0 Å². The molecule has 0 aliphatic heterocycles. The highest BCUT2D eigenvalue weighted by atomic mass is 16.5. The summed E-state index contributed by atoms with van der Waals surface area (Å²) in [5.41, 5.74) is 2.67. The number of fused-ring (bicyclic) bond motifs is 5. The van der Waals surface area contributed by atoms with Crippen LogP contribution in [0.25, 0.3) is 0 Å². The van der Waals surface area contributed by atoms with Crippen LogP contribution in [0.2, 0.25) is 0 Å². The van der Waals surface area contributed by atoms with Crippen LogP contribution in [-0.2, 0) is 9.53 Å². The van der Waals surface area contributed by atoms with Crippen molar-refractivity contribution >= 4 is 5.97 Å².